The molecular formula is C14H23N5O2. The molecule has 2 rings (SSSR count). The smallest absolute Gasteiger partial charge is 0.353 e. The molecule has 1 unspecified atom stereocenters. The maximum absolute atomic E-state index is 11.4. The molecule has 1 aliphatic rings. The molecule has 7 nitrogen and oxygen atoms in total. The van der Waals surface area contributed by atoms with E-state index >= 15 is 0 Å². The average Bonchev–Trinajstić information content (AvgIpc) is 2.94. The topological polar surface area (TPSA) is 84.2 Å². The van der Waals surface area contributed by atoms with Gasteiger partial charge in [0.2, 0.25) is 11.6 Å². The summed E-state index contributed by atoms with van der Waals surface area (Å²) in [4.78, 5) is 21.3. The average molecular weight is 293 g/mol. The molecule has 0 radical (unpaired) electrons. The second-order valence-corrected chi connectivity index (χ2v) is 5.82. The van der Waals surface area contributed by atoms with Crippen molar-refractivity contribution < 1.29 is 4.92 Å². The first-order valence-electron chi connectivity index (χ1n) is 7.52. The van der Waals surface area contributed by atoms with E-state index in [0.717, 1.165) is 25.9 Å². The number of aromatic nitrogens is 2. The van der Waals surface area contributed by atoms with E-state index in [1.807, 2.05) is 11.8 Å². The predicted molar refractivity (Wildman–Crippen MR) is 82.6 cm³/mol. The van der Waals surface area contributed by atoms with Crippen LogP contribution in [0.1, 0.15) is 33.6 Å². The number of nitrogens with zero attached hydrogens (tertiary/aromatic N) is 4. The van der Waals surface area contributed by atoms with Crippen molar-refractivity contribution in [2.45, 2.75) is 33.6 Å². The summed E-state index contributed by atoms with van der Waals surface area (Å²) in [5.41, 5.74) is -0.00430. The van der Waals surface area contributed by atoms with E-state index < -0.39 is 0 Å². The van der Waals surface area contributed by atoms with Crippen molar-refractivity contribution in [3.8, 4) is 0 Å². The highest BCUT2D eigenvalue weighted by molar-refractivity contribution is 5.70. The van der Waals surface area contributed by atoms with Gasteiger partial charge < -0.3 is 10.2 Å². The monoisotopic (exact) mass is 293 g/mol. The molecule has 0 amide bonds. The maximum Gasteiger partial charge on any atom is 0.353 e. The molecule has 0 saturated carbocycles. The molecule has 1 aliphatic heterocycles. The molecule has 1 atom stereocenters. The molecule has 1 fully saturated rings. The van der Waals surface area contributed by atoms with E-state index in [9.17, 15) is 10.1 Å². The van der Waals surface area contributed by atoms with E-state index in [-0.39, 0.29) is 10.6 Å². The van der Waals surface area contributed by atoms with Gasteiger partial charge in [-0.1, -0.05) is 20.8 Å². The highest BCUT2D eigenvalue weighted by Gasteiger charge is 2.32. The number of anilines is 2. The van der Waals surface area contributed by atoms with Crippen LogP contribution in [0.2, 0.25) is 0 Å². The van der Waals surface area contributed by atoms with Crippen molar-refractivity contribution in [1.82, 2.24) is 9.97 Å². The second kappa shape index (κ2) is 6.69. The Kier molecular flexibility index (Phi) is 4.93. The van der Waals surface area contributed by atoms with Crippen molar-refractivity contribution >= 4 is 17.3 Å². The van der Waals surface area contributed by atoms with Gasteiger partial charge in [0.1, 0.15) is 6.33 Å². The summed E-state index contributed by atoms with van der Waals surface area (Å²) < 4.78 is 0. The van der Waals surface area contributed by atoms with Gasteiger partial charge in [-0.25, -0.2) is 9.97 Å². The summed E-state index contributed by atoms with van der Waals surface area (Å²) in [6.07, 6.45) is 3.34. The Morgan fingerprint density at radius 2 is 2.29 bits per heavy atom. The van der Waals surface area contributed by atoms with Crippen LogP contribution in [-0.2, 0) is 0 Å². The van der Waals surface area contributed by atoms with E-state index in [0.29, 0.717) is 30.0 Å². The SMILES string of the molecule is CCCNc1ncnc(N2CCC(C(C)C)C2)c1[N+](=O)[O-]. The lowest BCUT2D eigenvalue weighted by atomic mass is 9.95. The molecule has 1 aromatic rings. The summed E-state index contributed by atoms with van der Waals surface area (Å²) in [6.45, 7) is 8.69. The first kappa shape index (κ1) is 15.5. The van der Waals surface area contributed by atoms with Gasteiger partial charge in [0, 0.05) is 19.6 Å². The number of hydrogen-bond donors (Lipinski definition) is 1. The Bertz CT molecular complexity index is 506. The van der Waals surface area contributed by atoms with Gasteiger partial charge >= 0.3 is 5.69 Å². The lowest BCUT2D eigenvalue weighted by Gasteiger charge is -2.19. The Morgan fingerprint density at radius 1 is 1.52 bits per heavy atom. The van der Waals surface area contributed by atoms with Gasteiger partial charge in [0.25, 0.3) is 0 Å². The van der Waals surface area contributed by atoms with Crippen molar-refractivity contribution in [3.63, 3.8) is 0 Å². The minimum absolute atomic E-state index is 0.00430. The van der Waals surface area contributed by atoms with E-state index in [1.54, 1.807) is 0 Å². The first-order chi connectivity index (χ1) is 10.0. The van der Waals surface area contributed by atoms with Gasteiger partial charge in [-0.05, 0) is 24.7 Å². The summed E-state index contributed by atoms with van der Waals surface area (Å²) in [5, 5.41) is 14.5. The largest absolute Gasteiger partial charge is 0.364 e. The number of hydrogen-bond acceptors (Lipinski definition) is 6. The van der Waals surface area contributed by atoms with Crippen LogP contribution in [0.25, 0.3) is 0 Å². The Hall–Kier alpha value is -1.92. The third-order valence-electron chi connectivity index (χ3n) is 4.00. The summed E-state index contributed by atoms with van der Waals surface area (Å²) in [7, 11) is 0. The fourth-order valence-electron chi connectivity index (χ4n) is 2.67. The highest BCUT2D eigenvalue weighted by atomic mass is 16.6. The zero-order chi connectivity index (χ0) is 15.4. The van der Waals surface area contributed by atoms with Gasteiger partial charge in [0.05, 0.1) is 4.92 Å². The lowest BCUT2D eigenvalue weighted by Crippen LogP contribution is -2.24. The number of nitrogens with one attached hydrogen (secondary N) is 1. The molecule has 1 saturated heterocycles. The fraction of sp³-hybridized carbons (Fsp3) is 0.714. The third-order valence-corrected chi connectivity index (χ3v) is 4.00. The quantitative estimate of drug-likeness (QED) is 0.641. The molecule has 1 N–H and O–H groups in total. The van der Waals surface area contributed by atoms with Crippen LogP contribution in [0.15, 0.2) is 6.33 Å². The van der Waals surface area contributed by atoms with Crippen LogP contribution in [0.3, 0.4) is 0 Å². The van der Waals surface area contributed by atoms with Crippen LogP contribution < -0.4 is 10.2 Å². The van der Waals surface area contributed by atoms with Gasteiger partial charge in [-0.3, -0.25) is 10.1 Å². The zero-order valence-electron chi connectivity index (χ0n) is 12.9. The fourth-order valence-corrected chi connectivity index (χ4v) is 2.67. The molecule has 0 aliphatic carbocycles. The first-order valence-corrected chi connectivity index (χ1v) is 7.52. The zero-order valence-corrected chi connectivity index (χ0v) is 12.9. The molecule has 7 heteroatoms. The minimum Gasteiger partial charge on any atom is -0.364 e. The maximum atomic E-state index is 11.4. The van der Waals surface area contributed by atoms with Crippen molar-refractivity contribution in [2.24, 2.45) is 11.8 Å². The molecule has 0 spiro atoms. The van der Waals surface area contributed by atoms with Gasteiger partial charge in [0.15, 0.2) is 0 Å². The molecule has 116 valence electrons. The third kappa shape index (κ3) is 3.40. The van der Waals surface area contributed by atoms with Crippen LogP contribution in [-0.4, -0.2) is 34.5 Å². The Balaban J connectivity index is 2.29. The van der Waals surface area contributed by atoms with Gasteiger partial charge in [-0.2, -0.15) is 0 Å². The van der Waals surface area contributed by atoms with Crippen LogP contribution in [0.5, 0.6) is 0 Å². The van der Waals surface area contributed by atoms with Crippen molar-refractivity contribution in [1.29, 1.82) is 0 Å². The Labute approximate surface area is 124 Å². The van der Waals surface area contributed by atoms with E-state index in [1.165, 1.54) is 6.33 Å². The van der Waals surface area contributed by atoms with Crippen LogP contribution in [0.4, 0.5) is 17.3 Å². The summed E-state index contributed by atoms with van der Waals surface area (Å²) >= 11 is 0. The standard InChI is InChI=1S/C14H23N5O2/c1-4-6-15-13-12(19(20)21)14(17-9-16-13)18-7-5-11(8-18)10(2)3/h9-11H,4-8H2,1-3H3,(H,15,16,17). The van der Waals surface area contributed by atoms with Gasteiger partial charge in [-0.15, -0.1) is 0 Å². The predicted octanol–water partition coefficient (Wildman–Crippen LogP) is 2.69. The van der Waals surface area contributed by atoms with E-state index in [2.05, 4.69) is 29.1 Å². The van der Waals surface area contributed by atoms with Crippen molar-refractivity contribution in [2.75, 3.05) is 29.9 Å². The van der Waals surface area contributed by atoms with E-state index in [4.69, 9.17) is 0 Å². The Morgan fingerprint density at radius 3 is 2.86 bits per heavy atom. The summed E-state index contributed by atoms with van der Waals surface area (Å²) in [5.74, 6) is 1.90. The molecule has 1 aromatic heterocycles. The van der Waals surface area contributed by atoms with Crippen LogP contribution >= 0.6 is 0 Å². The minimum atomic E-state index is -0.379. The lowest BCUT2D eigenvalue weighted by molar-refractivity contribution is -0.383. The van der Waals surface area contributed by atoms with Crippen LogP contribution in [0, 0.1) is 22.0 Å². The number of nitro groups is 1. The molecule has 2 heterocycles. The normalized spacial score (nSPS) is 18.3. The van der Waals surface area contributed by atoms with Crippen molar-refractivity contribution in [3.05, 3.63) is 16.4 Å². The molecule has 0 aromatic carbocycles. The highest BCUT2D eigenvalue weighted by Crippen LogP contribution is 2.35. The number of rotatable bonds is 6. The molecule has 0 bridgehead atoms. The molecule has 21 heavy (non-hydrogen) atoms. The molecular weight excluding hydrogens is 270 g/mol. The second-order valence-electron chi connectivity index (χ2n) is 5.82. The summed E-state index contributed by atoms with van der Waals surface area (Å²) in [6, 6.07) is 0.